The summed E-state index contributed by atoms with van der Waals surface area (Å²) in [6.07, 6.45) is 0. The zero-order chi connectivity index (χ0) is 25.2. The lowest BCUT2D eigenvalue weighted by molar-refractivity contribution is -0.384. The summed E-state index contributed by atoms with van der Waals surface area (Å²) < 4.78 is 15.5. The van der Waals surface area contributed by atoms with Crippen LogP contribution in [-0.4, -0.2) is 36.0 Å². The van der Waals surface area contributed by atoms with Gasteiger partial charge in [0.1, 0.15) is 12.4 Å². The largest absolute Gasteiger partial charge is 0.489 e. The van der Waals surface area contributed by atoms with Gasteiger partial charge in [-0.2, -0.15) is 0 Å². The van der Waals surface area contributed by atoms with Crippen molar-refractivity contribution in [2.45, 2.75) is 13.5 Å². The number of carbonyl (C=O) groups is 3. The standard InChI is InChI=1S/C25H22N2O8/c1-2-33-24(29)18-12-19(14-21(13-18)27(31)32)25(30)35-16-23(28)26-20-8-10-22(11-9-20)34-15-17-6-4-3-5-7-17/h3-14H,2,15-16H2,1H3,(H,26,28). The van der Waals surface area contributed by atoms with Crippen molar-refractivity contribution in [3.8, 4) is 5.75 Å². The van der Waals surface area contributed by atoms with E-state index >= 15 is 0 Å². The summed E-state index contributed by atoms with van der Waals surface area (Å²) in [4.78, 5) is 46.9. The Morgan fingerprint density at radius 3 is 2.11 bits per heavy atom. The molecule has 0 atom stereocenters. The molecular formula is C25H22N2O8. The number of carbonyl (C=O) groups excluding carboxylic acids is 3. The number of hydrogen-bond donors (Lipinski definition) is 1. The summed E-state index contributed by atoms with van der Waals surface area (Å²) in [6, 6.07) is 19.3. The third-order valence-corrected chi connectivity index (χ3v) is 4.60. The van der Waals surface area contributed by atoms with Crippen molar-refractivity contribution in [2.75, 3.05) is 18.5 Å². The van der Waals surface area contributed by atoms with Crippen LogP contribution in [0.2, 0.25) is 0 Å². The Labute approximate surface area is 200 Å². The molecule has 3 rings (SSSR count). The molecule has 0 unspecified atom stereocenters. The number of benzene rings is 3. The fraction of sp³-hybridized carbons (Fsp3) is 0.160. The van der Waals surface area contributed by atoms with Crippen LogP contribution >= 0.6 is 0 Å². The molecule has 0 aliphatic rings. The Kier molecular flexibility index (Phi) is 8.49. The van der Waals surface area contributed by atoms with Crippen LogP contribution in [0.3, 0.4) is 0 Å². The number of nitrogens with one attached hydrogen (secondary N) is 1. The third-order valence-electron chi connectivity index (χ3n) is 4.60. The van der Waals surface area contributed by atoms with E-state index in [1.54, 1.807) is 31.2 Å². The van der Waals surface area contributed by atoms with Gasteiger partial charge in [-0.15, -0.1) is 0 Å². The highest BCUT2D eigenvalue weighted by atomic mass is 16.6. The number of anilines is 1. The minimum atomic E-state index is -1.00. The van der Waals surface area contributed by atoms with Crippen molar-refractivity contribution in [2.24, 2.45) is 0 Å². The third kappa shape index (κ3) is 7.39. The van der Waals surface area contributed by atoms with Gasteiger partial charge in [-0.1, -0.05) is 30.3 Å². The zero-order valence-electron chi connectivity index (χ0n) is 18.8. The minimum absolute atomic E-state index is 0.0571. The van der Waals surface area contributed by atoms with Crippen molar-refractivity contribution in [3.05, 3.63) is 99.6 Å². The predicted octanol–water partition coefficient (Wildman–Crippen LogP) is 4.15. The number of rotatable bonds is 10. The van der Waals surface area contributed by atoms with E-state index in [2.05, 4.69) is 5.32 Å². The van der Waals surface area contributed by atoms with Crippen molar-refractivity contribution in [1.82, 2.24) is 0 Å². The van der Waals surface area contributed by atoms with Crippen molar-refractivity contribution in [1.29, 1.82) is 0 Å². The molecule has 0 aliphatic heterocycles. The van der Waals surface area contributed by atoms with Crippen LogP contribution in [0.5, 0.6) is 5.75 Å². The van der Waals surface area contributed by atoms with Crippen LogP contribution in [-0.2, 0) is 20.9 Å². The summed E-state index contributed by atoms with van der Waals surface area (Å²) in [6.45, 7) is 1.40. The molecule has 0 fully saturated rings. The Bertz CT molecular complexity index is 1210. The van der Waals surface area contributed by atoms with Gasteiger partial charge in [0.25, 0.3) is 11.6 Å². The minimum Gasteiger partial charge on any atom is -0.489 e. The topological polar surface area (TPSA) is 134 Å². The van der Waals surface area contributed by atoms with Gasteiger partial charge >= 0.3 is 11.9 Å². The van der Waals surface area contributed by atoms with E-state index in [1.807, 2.05) is 30.3 Å². The molecule has 0 saturated heterocycles. The lowest BCUT2D eigenvalue weighted by atomic mass is 10.1. The molecule has 180 valence electrons. The number of ether oxygens (including phenoxy) is 3. The molecule has 0 bridgehead atoms. The van der Waals surface area contributed by atoms with Crippen LogP contribution in [0.1, 0.15) is 33.2 Å². The number of amides is 1. The van der Waals surface area contributed by atoms with Crippen LogP contribution in [0, 0.1) is 10.1 Å². The normalized spacial score (nSPS) is 10.2. The van der Waals surface area contributed by atoms with Gasteiger partial charge < -0.3 is 19.5 Å². The van der Waals surface area contributed by atoms with Gasteiger partial charge in [0.2, 0.25) is 0 Å². The average molecular weight is 478 g/mol. The Morgan fingerprint density at radius 1 is 0.886 bits per heavy atom. The lowest BCUT2D eigenvalue weighted by Crippen LogP contribution is -2.21. The first-order valence-electron chi connectivity index (χ1n) is 10.6. The summed E-state index contributed by atoms with van der Waals surface area (Å²) >= 11 is 0. The predicted molar refractivity (Wildman–Crippen MR) is 125 cm³/mol. The SMILES string of the molecule is CCOC(=O)c1cc(C(=O)OCC(=O)Nc2ccc(OCc3ccccc3)cc2)cc([N+](=O)[O-])c1. The number of nitro benzene ring substituents is 1. The first-order chi connectivity index (χ1) is 16.9. The van der Waals surface area contributed by atoms with Gasteiger partial charge in [0.15, 0.2) is 6.61 Å². The van der Waals surface area contributed by atoms with E-state index in [4.69, 9.17) is 14.2 Å². The number of esters is 2. The fourth-order valence-corrected chi connectivity index (χ4v) is 2.95. The maximum absolute atomic E-state index is 12.3. The maximum atomic E-state index is 12.3. The fourth-order valence-electron chi connectivity index (χ4n) is 2.95. The van der Waals surface area contributed by atoms with Crippen LogP contribution in [0.15, 0.2) is 72.8 Å². The van der Waals surface area contributed by atoms with Crippen molar-refractivity contribution < 1.29 is 33.5 Å². The number of non-ortho nitro benzene ring substituents is 1. The Morgan fingerprint density at radius 2 is 1.51 bits per heavy atom. The number of nitro groups is 1. The van der Waals surface area contributed by atoms with E-state index in [0.29, 0.717) is 18.0 Å². The average Bonchev–Trinajstić information content (AvgIpc) is 2.87. The molecule has 10 nitrogen and oxygen atoms in total. The molecule has 1 N–H and O–H groups in total. The highest BCUT2D eigenvalue weighted by Gasteiger charge is 2.20. The smallest absolute Gasteiger partial charge is 0.338 e. The molecule has 0 aromatic heterocycles. The van der Waals surface area contributed by atoms with Gasteiger partial charge in [-0.05, 0) is 42.8 Å². The number of hydrogen-bond acceptors (Lipinski definition) is 8. The molecular weight excluding hydrogens is 456 g/mol. The Hall–Kier alpha value is -4.73. The van der Waals surface area contributed by atoms with Gasteiger partial charge in [0.05, 0.1) is 22.7 Å². The van der Waals surface area contributed by atoms with E-state index in [-0.39, 0.29) is 17.7 Å². The van der Waals surface area contributed by atoms with Crippen LogP contribution in [0.25, 0.3) is 0 Å². The maximum Gasteiger partial charge on any atom is 0.338 e. The zero-order valence-corrected chi connectivity index (χ0v) is 18.8. The van der Waals surface area contributed by atoms with Crippen molar-refractivity contribution >= 4 is 29.2 Å². The first-order valence-corrected chi connectivity index (χ1v) is 10.6. The van der Waals surface area contributed by atoms with Gasteiger partial charge in [-0.3, -0.25) is 14.9 Å². The summed E-state index contributed by atoms with van der Waals surface area (Å²) in [5, 5.41) is 13.7. The highest BCUT2D eigenvalue weighted by molar-refractivity contribution is 5.98. The molecule has 0 saturated carbocycles. The molecule has 10 heteroatoms. The lowest BCUT2D eigenvalue weighted by Gasteiger charge is -2.09. The molecule has 0 aliphatic carbocycles. The van der Waals surface area contributed by atoms with E-state index in [0.717, 1.165) is 23.8 Å². The summed E-state index contributed by atoms with van der Waals surface area (Å²) in [5.41, 5.74) is 0.561. The van der Waals surface area contributed by atoms with Crippen LogP contribution < -0.4 is 10.1 Å². The Balaban J connectivity index is 1.55. The first kappa shape index (κ1) is 24.9. The molecule has 3 aromatic rings. The van der Waals surface area contributed by atoms with Gasteiger partial charge in [-0.25, -0.2) is 9.59 Å². The summed E-state index contributed by atoms with van der Waals surface area (Å²) in [7, 11) is 0. The number of nitrogens with zero attached hydrogens (tertiary/aromatic N) is 1. The second-order valence-electron chi connectivity index (χ2n) is 7.17. The molecule has 0 radical (unpaired) electrons. The second kappa shape index (κ2) is 11.9. The second-order valence-corrected chi connectivity index (χ2v) is 7.17. The van der Waals surface area contributed by atoms with Gasteiger partial charge in [0, 0.05) is 17.8 Å². The molecule has 1 amide bonds. The van der Waals surface area contributed by atoms with E-state index in [1.165, 1.54) is 0 Å². The molecule has 35 heavy (non-hydrogen) atoms. The monoisotopic (exact) mass is 478 g/mol. The van der Waals surface area contributed by atoms with Crippen molar-refractivity contribution in [3.63, 3.8) is 0 Å². The quantitative estimate of drug-likeness (QED) is 0.261. The van der Waals surface area contributed by atoms with Crippen LogP contribution in [0.4, 0.5) is 11.4 Å². The van der Waals surface area contributed by atoms with E-state index < -0.39 is 35.1 Å². The van der Waals surface area contributed by atoms with E-state index in [9.17, 15) is 24.5 Å². The molecule has 0 spiro atoms. The molecule has 3 aromatic carbocycles. The summed E-state index contributed by atoms with van der Waals surface area (Å²) in [5.74, 6) is -1.83. The highest BCUT2D eigenvalue weighted by Crippen LogP contribution is 2.20. The molecule has 0 heterocycles.